The minimum atomic E-state index is -0.432. The van der Waals surface area contributed by atoms with Crippen molar-refractivity contribution in [2.24, 2.45) is 0 Å². The van der Waals surface area contributed by atoms with Crippen molar-refractivity contribution in [1.29, 1.82) is 0 Å². The van der Waals surface area contributed by atoms with Crippen molar-refractivity contribution in [3.8, 4) is 0 Å². The van der Waals surface area contributed by atoms with Gasteiger partial charge in [0, 0.05) is 41.9 Å². The number of ether oxygens (including phenoxy) is 1. The van der Waals surface area contributed by atoms with Crippen LogP contribution in [0.25, 0.3) is 10.9 Å². The molecule has 3 aromatic rings. The van der Waals surface area contributed by atoms with Gasteiger partial charge in [-0.3, -0.25) is 9.78 Å². The van der Waals surface area contributed by atoms with Crippen LogP contribution in [0.3, 0.4) is 0 Å². The van der Waals surface area contributed by atoms with Crippen molar-refractivity contribution in [2.45, 2.75) is 6.92 Å². The lowest BCUT2D eigenvalue weighted by molar-refractivity contribution is 0.0526. The summed E-state index contributed by atoms with van der Waals surface area (Å²) in [6.07, 6.45) is 1.53. The first-order valence-electron chi connectivity index (χ1n) is 10.1. The van der Waals surface area contributed by atoms with Crippen LogP contribution in [0.1, 0.15) is 27.6 Å². The summed E-state index contributed by atoms with van der Waals surface area (Å²) in [5, 5.41) is 3.73. The number of carbonyl (C=O) groups excluding carboxylic acids is 2. The first kappa shape index (κ1) is 21.1. The normalized spacial score (nSPS) is 13.8. The van der Waals surface area contributed by atoms with Gasteiger partial charge in [-0.2, -0.15) is 11.8 Å². The number of nitrogens with zero attached hydrogens (tertiary/aromatic N) is 2. The van der Waals surface area contributed by atoms with E-state index in [1.54, 1.807) is 42.2 Å². The molecule has 31 heavy (non-hydrogen) atoms. The summed E-state index contributed by atoms with van der Waals surface area (Å²) >= 11 is 1.81. The Morgan fingerprint density at radius 3 is 2.77 bits per heavy atom. The maximum atomic E-state index is 14.1. The highest BCUT2D eigenvalue weighted by atomic mass is 32.2. The summed E-state index contributed by atoms with van der Waals surface area (Å²) in [6.45, 7) is 3.33. The van der Waals surface area contributed by atoms with Gasteiger partial charge in [0.2, 0.25) is 0 Å². The van der Waals surface area contributed by atoms with E-state index in [4.69, 9.17) is 4.74 Å². The molecule has 2 heterocycles. The molecule has 1 N–H and O–H groups in total. The Morgan fingerprint density at radius 1 is 1.19 bits per heavy atom. The fraction of sp³-hybridized carbons (Fsp3) is 0.261. The van der Waals surface area contributed by atoms with E-state index in [0.717, 1.165) is 11.5 Å². The van der Waals surface area contributed by atoms with Gasteiger partial charge in [-0.1, -0.05) is 6.07 Å². The number of pyridine rings is 1. The molecule has 1 aliphatic heterocycles. The summed E-state index contributed by atoms with van der Waals surface area (Å²) in [4.78, 5) is 31.6. The fourth-order valence-electron chi connectivity index (χ4n) is 3.48. The van der Waals surface area contributed by atoms with Crippen LogP contribution in [0.15, 0.2) is 48.7 Å². The summed E-state index contributed by atoms with van der Waals surface area (Å²) in [7, 11) is 0. The molecule has 0 unspecified atom stereocenters. The number of nitrogens with one attached hydrogen (secondary N) is 1. The Bertz CT molecular complexity index is 1130. The Kier molecular flexibility index (Phi) is 6.36. The number of rotatable bonds is 5. The van der Waals surface area contributed by atoms with Crippen molar-refractivity contribution in [3.63, 3.8) is 0 Å². The number of thioether (sulfide) groups is 1. The number of aromatic nitrogens is 1. The van der Waals surface area contributed by atoms with E-state index < -0.39 is 11.8 Å². The van der Waals surface area contributed by atoms with Crippen molar-refractivity contribution < 1.29 is 18.7 Å². The molecule has 0 bridgehead atoms. The van der Waals surface area contributed by atoms with E-state index in [1.807, 2.05) is 11.8 Å². The highest BCUT2D eigenvalue weighted by Crippen LogP contribution is 2.31. The molecule has 4 rings (SSSR count). The van der Waals surface area contributed by atoms with Crippen molar-refractivity contribution in [2.75, 3.05) is 36.5 Å². The fourth-order valence-corrected chi connectivity index (χ4v) is 4.38. The maximum absolute atomic E-state index is 14.1. The minimum absolute atomic E-state index is 0.150. The average Bonchev–Trinajstić information content (AvgIpc) is 2.80. The molecule has 0 atom stereocenters. The molecule has 1 aromatic heterocycles. The van der Waals surface area contributed by atoms with E-state index in [-0.39, 0.29) is 12.5 Å². The van der Waals surface area contributed by atoms with Crippen LogP contribution in [0, 0.1) is 5.82 Å². The van der Waals surface area contributed by atoms with Crippen molar-refractivity contribution >= 4 is 45.9 Å². The third-order valence-electron chi connectivity index (χ3n) is 5.00. The van der Waals surface area contributed by atoms with Crippen LogP contribution >= 0.6 is 11.8 Å². The predicted molar refractivity (Wildman–Crippen MR) is 121 cm³/mol. The molecule has 160 valence electrons. The zero-order valence-electron chi connectivity index (χ0n) is 17.1. The van der Waals surface area contributed by atoms with Gasteiger partial charge in [-0.05, 0) is 43.3 Å². The van der Waals surface area contributed by atoms with Crippen molar-refractivity contribution in [1.82, 2.24) is 9.88 Å². The Labute approximate surface area is 183 Å². The van der Waals surface area contributed by atoms with E-state index in [0.29, 0.717) is 46.5 Å². The molecule has 1 fully saturated rings. The minimum Gasteiger partial charge on any atom is -0.462 e. The monoisotopic (exact) mass is 439 g/mol. The molecule has 6 nitrogen and oxygen atoms in total. The SMILES string of the molecule is CCOC(=O)c1cccc(Nc2c(C(=O)N3CCSCC3)cnc3ccc(F)cc23)c1. The number of esters is 1. The molecule has 2 aromatic carbocycles. The summed E-state index contributed by atoms with van der Waals surface area (Å²) in [6, 6.07) is 11.1. The second-order valence-electron chi connectivity index (χ2n) is 7.04. The zero-order valence-corrected chi connectivity index (χ0v) is 17.9. The third-order valence-corrected chi connectivity index (χ3v) is 5.94. The quantitative estimate of drug-likeness (QED) is 0.591. The van der Waals surface area contributed by atoms with Crippen LogP contribution < -0.4 is 5.32 Å². The van der Waals surface area contributed by atoms with Crippen LogP contribution in [0.2, 0.25) is 0 Å². The number of fused-ring (bicyclic) bond motifs is 1. The van der Waals surface area contributed by atoms with Crippen LogP contribution in [-0.4, -0.2) is 53.0 Å². The summed E-state index contributed by atoms with van der Waals surface area (Å²) in [5.74, 6) is 0.760. The molecular weight excluding hydrogens is 417 g/mol. The smallest absolute Gasteiger partial charge is 0.338 e. The van der Waals surface area contributed by atoms with Gasteiger partial charge >= 0.3 is 5.97 Å². The van der Waals surface area contributed by atoms with E-state index in [2.05, 4.69) is 10.3 Å². The number of anilines is 2. The largest absolute Gasteiger partial charge is 0.462 e. The number of halogens is 1. The number of hydrogen-bond donors (Lipinski definition) is 1. The lowest BCUT2D eigenvalue weighted by Gasteiger charge is -2.27. The van der Waals surface area contributed by atoms with Crippen LogP contribution in [0.4, 0.5) is 15.8 Å². The molecule has 8 heteroatoms. The topological polar surface area (TPSA) is 71.5 Å². The Hall–Kier alpha value is -3.13. The first-order chi connectivity index (χ1) is 15.1. The number of amides is 1. The van der Waals surface area contributed by atoms with E-state index in [1.165, 1.54) is 18.3 Å². The van der Waals surface area contributed by atoms with Crippen LogP contribution in [-0.2, 0) is 4.74 Å². The maximum Gasteiger partial charge on any atom is 0.338 e. The highest BCUT2D eigenvalue weighted by Gasteiger charge is 2.23. The lowest BCUT2D eigenvalue weighted by Crippen LogP contribution is -2.38. The second-order valence-corrected chi connectivity index (χ2v) is 8.26. The van der Waals surface area contributed by atoms with Crippen molar-refractivity contribution in [3.05, 3.63) is 65.6 Å². The predicted octanol–water partition coefficient (Wildman–Crippen LogP) is 4.48. The molecule has 1 aliphatic rings. The molecule has 0 radical (unpaired) electrons. The zero-order chi connectivity index (χ0) is 21.8. The summed E-state index contributed by atoms with van der Waals surface area (Å²) in [5.41, 5.74) is 2.37. The van der Waals surface area contributed by atoms with Gasteiger partial charge in [0.15, 0.2) is 0 Å². The second kappa shape index (κ2) is 9.34. The van der Waals surface area contributed by atoms with Gasteiger partial charge in [-0.15, -0.1) is 0 Å². The Morgan fingerprint density at radius 2 is 2.00 bits per heavy atom. The van der Waals surface area contributed by atoms with Crippen LogP contribution in [0.5, 0.6) is 0 Å². The number of carbonyl (C=O) groups is 2. The molecule has 1 saturated heterocycles. The number of benzene rings is 2. The molecule has 1 amide bonds. The Balaban J connectivity index is 1.77. The molecular formula is C23H22FN3O3S. The number of hydrogen-bond acceptors (Lipinski definition) is 6. The highest BCUT2D eigenvalue weighted by molar-refractivity contribution is 7.99. The molecule has 0 saturated carbocycles. The average molecular weight is 440 g/mol. The summed E-state index contributed by atoms with van der Waals surface area (Å²) < 4.78 is 19.2. The first-order valence-corrected chi connectivity index (χ1v) is 11.2. The standard InChI is InChI=1S/C23H22FN3O3S/c1-2-30-23(29)15-4-3-5-17(12-15)26-21-18-13-16(24)6-7-20(18)25-14-19(21)22(28)27-8-10-31-11-9-27/h3-7,12-14H,2,8-11H2,1H3,(H,25,26). The molecule has 0 aliphatic carbocycles. The third kappa shape index (κ3) is 4.64. The van der Waals surface area contributed by atoms with Gasteiger partial charge in [0.1, 0.15) is 5.82 Å². The van der Waals surface area contributed by atoms with Gasteiger partial charge < -0.3 is 15.0 Å². The molecule has 0 spiro atoms. The van der Waals surface area contributed by atoms with E-state index in [9.17, 15) is 14.0 Å². The van der Waals surface area contributed by atoms with Gasteiger partial charge in [-0.25, -0.2) is 9.18 Å². The van der Waals surface area contributed by atoms with Gasteiger partial charge in [0.05, 0.1) is 28.9 Å². The van der Waals surface area contributed by atoms with E-state index >= 15 is 0 Å². The van der Waals surface area contributed by atoms with Gasteiger partial charge in [0.25, 0.3) is 5.91 Å². The lowest BCUT2D eigenvalue weighted by atomic mass is 10.1.